The van der Waals surface area contributed by atoms with Crippen LogP contribution >= 0.6 is 0 Å². The number of aliphatic hydroxyl groups excluding tert-OH is 1. The van der Waals surface area contributed by atoms with Crippen LogP contribution in [0, 0.1) is 0 Å². The number of rotatable bonds is 7. The Bertz CT molecular complexity index is 769. The van der Waals surface area contributed by atoms with Crippen LogP contribution in [0.25, 0.3) is 0 Å². The highest BCUT2D eigenvalue weighted by atomic mass is 16.5. The van der Waals surface area contributed by atoms with Gasteiger partial charge in [0, 0.05) is 25.8 Å². The third kappa shape index (κ3) is 3.99. The number of pyridine rings is 1. The predicted molar refractivity (Wildman–Crippen MR) is 99.1 cm³/mol. The summed E-state index contributed by atoms with van der Waals surface area (Å²) in [6.45, 7) is 0.0450. The molecule has 0 spiro atoms. The Kier molecular flexibility index (Phi) is 6.16. The number of nitrogens with zero attached hydrogens (tertiary/aromatic N) is 2. The Hall–Kier alpha value is -2.77. The van der Waals surface area contributed by atoms with Gasteiger partial charge >= 0.3 is 0 Å². The standard InChI is InChI=1S/C20H23N3O4/c1-27-13-18(25)23-16(11-22-20(26)15-9-5-6-10-21-15)19(17(23)12-24)14-7-3-2-4-8-14/h2-10,16-17,19,24H,11-13H2,1H3,(H,22,26)/t16-,17-,19-/m0/s1. The molecule has 0 aliphatic carbocycles. The number of hydrogen-bond acceptors (Lipinski definition) is 5. The van der Waals surface area contributed by atoms with Crippen LogP contribution in [-0.2, 0) is 9.53 Å². The molecular formula is C20H23N3O4. The molecule has 3 rings (SSSR count). The average Bonchev–Trinajstić information content (AvgIpc) is 2.69. The fraction of sp³-hybridized carbons (Fsp3) is 0.350. The maximum absolute atomic E-state index is 12.5. The van der Waals surface area contributed by atoms with Crippen LogP contribution in [0.4, 0.5) is 0 Å². The van der Waals surface area contributed by atoms with Crippen molar-refractivity contribution >= 4 is 11.8 Å². The van der Waals surface area contributed by atoms with Crippen molar-refractivity contribution in [2.24, 2.45) is 0 Å². The van der Waals surface area contributed by atoms with Crippen LogP contribution in [0.15, 0.2) is 54.7 Å². The van der Waals surface area contributed by atoms with Gasteiger partial charge < -0.3 is 20.1 Å². The molecule has 1 aromatic heterocycles. The largest absolute Gasteiger partial charge is 0.394 e. The quantitative estimate of drug-likeness (QED) is 0.754. The van der Waals surface area contributed by atoms with Crippen molar-refractivity contribution in [2.45, 2.75) is 18.0 Å². The summed E-state index contributed by atoms with van der Waals surface area (Å²) < 4.78 is 4.97. The summed E-state index contributed by atoms with van der Waals surface area (Å²) in [5, 5.41) is 12.7. The van der Waals surface area contributed by atoms with Gasteiger partial charge in [0.25, 0.3) is 5.91 Å². The first kappa shape index (κ1) is 19.0. The van der Waals surface area contributed by atoms with Gasteiger partial charge in [0.05, 0.1) is 18.7 Å². The number of carbonyl (C=O) groups is 2. The van der Waals surface area contributed by atoms with E-state index in [1.807, 2.05) is 30.3 Å². The lowest BCUT2D eigenvalue weighted by Crippen LogP contribution is -2.69. The van der Waals surface area contributed by atoms with Crippen LogP contribution in [-0.4, -0.2) is 65.8 Å². The monoisotopic (exact) mass is 369 g/mol. The van der Waals surface area contributed by atoms with E-state index in [0.29, 0.717) is 5.69 Å². The number of carbonyl (C=O) groups excluding carboxylic acids is 2. The molecule has 2 aromatic rings. The smallest absolute Gasteiger partial charge is 0.269 e. The Morgan fingerprint density at radius 1 is 1.15 bits per heavy atom. The van der Waals surface area contributed by atoms with Gasteiger partial charge in [-0.3, -0.25) is 14.6 Å². The molecule has 142 valence electrons. The van der Waals surface area contributed by atoms with Gasteiger partial charge in [-0.25, -0.2) is 0 Å². The zero-order chi connectivity index (χ0) is 19.2. The lowest BCUT2D eigenvalue weighted by Gasteiger charge is -2.55. The number of likely N-dealkylation sites (tertiary alicyclic amines) is 1. The molecule has 3 atom stereocenters. The molecule has 7 heteroatoms. The lowest BCUT2D eigenvalue weighted by atomic mass is 9.75. The second-order valence-corrected chi connectivity index (χ2v) is 6.41. The topological polar surface area (TPSA) is 91.8 Å². The zero-order valence-corrected chi connectivity index (χ0v) is 15.1. The molecule has 1 aliphatic rings. The van der Waals surface area contributed by atoms with E-state index >= 15 is 0 Å². The fourth-order valence-electron chi connectivity index (χ4n) is 3.65. The number of ether oxygens (including phenoxy) is 1. The maximum Gasteiger partial charge on any atom is 0.269 e. The summed E-state index contributed by atoms with van der Waals surface area (Å²) in [6, 6.07) is 14.2. The third-order valence-electron chi connectivity index (χ3n) is 4.84. The van der Waals surface area contributed by atoms with Crippen LogP contribution in [0.1, 0.15) is 22.0 Å². The third-order valence-corrected chi connectivity index (χ3v) is 4.84. The summed E-state index contributed by atoms with van der Waals surface area (Å²) in [5.41, 5.74) is 1.34. The molecule has 0 radical (unpaired) electrons. The Morgan fingerprint density at radius 3 is 2.52 bits per heavy atom. The summed E-state index contributed by atoms with van der Waals surface area (Å²) in [6.07, 6.45) is 1.56. The summed E-state index contributed by atoms with van der Waals surface area (Å²) in [7, 11) is 1.46. The number of methoxy groups -OCH3 is 1. The lowest BCUT2D eigenvalue weighted by molar-refractivity contribution is -0.154. The minimum Gasteiger partial charge on any atom is -0.394 e. The van der Waals surface area contributed by atoms with Gasteiger partial charge in [0.15, 0.2) is 0 Å². The van der Waals surface area contributed by atoms with E-state index in [2.05, 4.69) is 10.3 Å². The molecule has 2 amide bonds. The number of amides is 2. The van der Waals surface area contributed by atoms with Crippen molar-refractivity contribution in [1.29, 1.82) is 0 Å². The molecule has 27 heavy (non-hydrogen) atoms. The summed E-state index contributed by atoms with van der Waals surface area (Å²) in [4.78, 5) is 30.4. The number of aliphatic hydroxyl groups is 1. The molecule has 1 saturated heterocycles. The van der Waals surface area contributed by atoms with Crippen LogP contribution in [0.5, 0.6) is 0 Å². The van der Waals surface area contributed by atoms with Gasteiger partial charge in [-0.2, -0.15) is 0 Å². The molecule has 0 unspecified atom stereocenters. The molecule has 0 bridgehead atoms. The summed E-state index contributed by atoms with van der Waals surface area (Å²) in [5.74, 6) is -0.573. The van der Waals surface area contributed by atoms with Gasteiger partial charge in [-0.05, 0) is 17.7 Å². The molecule has 1 aliphatic heterocycles. The zero-order valence-electron chi connectivity index (χ0n) is 15.1. The van der Waals surface area contributed by atoms with Crippen molar-refractivity contribution in [1.82, 2.24) is 15.2 Å². The molecule has 1 aromatic carbocycles. The number of benzene rings is 1. The van der Waals surface area contributed by atoms with Gasteiger partial charge in [0.2, 0.25) is 5.91 Å². The molecule has 7 nitrogen and oxygen atoms in total. The molecular weight excluding hydrogens is 346 g/mol. The van der Waals surface area contributed by atoms with Gasteiger partial charge in [-0.1, -0.05) is 36.4 Å². The van der Waals surface area contributed by atoms with Crippen LogP contribution in [0.3, 0.4) is 0 Å². The van der Waals surface area contributed by atoms with E-state index in [-0.39, 0.29) is 49.6 Å². The van der Waals surface area contributed by atoms with E-state index in [4.69, 9.17) is 4.74 Å². The first-order chi connectivity index (χ1) is 13.2. The molecule has 0 saturated carbocycles. The number of nitrogens with one attached hydrogen (secondary N) is 1. The second kappa shape index (κ2) is 8.75. The Labute approximate surface area is 158 Å². The first-order valence-corrected chi connectivity index (χ1v) is 8.82. The normalized spacial score (nSPS) is 21.4. The highest BCUT2D eigenvalue weighted by Gasteiger charge is 2.50. The van der Waals surface area contributed by atoms with Gasteiger partial charge in [-0.15, -0.1) is 0 Å². The van der Waals surface area contributed by atoms with E-state index in [1.165, 1.54) is 7.11 Å². The minimum absolute atomic E-state index is 0.0668. The average molecular weight is 369 g/mol. The number of hydrogen-bond donors (Lipinski definition) is 2. The van der Waals surface area contributed by atoms with E-state index in [9.17, 15) is 14.7 Å². The second-order valence-electron chi connectivity index (χ2n) is 6.41. The van der Waals surface area contributed by atoms with E-state index in [0.717, 1.165) is 5.56 Å². The van der Waals surface area contributed by atoms with Crippen molar-refractivity contribution < 1.29 is 19.4 Å². The summed E-state index contributed by atoms with van der Waals surface area (Å²) >= 11 is 0. The molecule has 2 N–H and O–H groups in total. The predicted octanol–water partition coefficient (Wildman–Crippen LogP) is 0.813. The highest BCUT2D eigenvalue weighted by molar-refractivity contribution is 5.92. The van der Waals surface area contributed by atoms with Crippen LogP contribution < -0.4 is 5.32 Å². The van der Waals surface area contributed by atoms with Crippen molar-refractivity contribution in [3.8, 4) is 0 Å². The fourth-order valence-corrected chi connectivity index (χ4v) is 3.65. The Morgan fingerprint density at radius 2 is 1.89 bits per heavy atom. The maximum atomic E-state index is 12.5. The van der Waals surface area contributed by atoms with Crippen molar-refractivity contribution in [2.75, 3.05) is 26.9 Å². The Balaban J connectivity index is 1.78. The van der Waals surface area contributed by atoms with Crippen molar-refractivity contribution in [3.63, 3.8) is 0 Å². The van der Waals surface area contributed by atoms with Gasteiger partial charge in [0.1, 0.15) is 12.3 Å². The minimum atomic E-state index is -0.341. The number of aromatic nitrogens is 1. The van der Waals surface area contributed by atoms with E-state index < -0.39 is 0 Å². The SMILES string of the molecule is COCC(=O)N1[C@@H](CO)[C@@H](c2ccccc2)[C@@H]1CNC(=O)c1ccccn1. The van der Waals surface area contributed by atoms with Crippen molar-refractivity contribution in [3.05, 3.63) is 66.0 Å². The van der Waals surface area contributed by atoms with E-state index in [1.54, 1.807) is 29.3 Å². The molecule has 2 heterocycles. The van der Waals surface area contributed by atoms with Crippen LogP contribution in [0.2, 0.25) is 0 Å². The first-order valence-electron chi connectivity index (χ1n) is 8.82. The highest BCUT2D eigenvalue weighted by Crippen LogP contribution is 2.40. The molecule has 1 fully saturated rings.